The second-order valence-electron chi connectivity index (χ2n) is 4.52. The molecule has 0 saturated carbocycles. The van der Waals surface area contributed by atoms with Crippen molar-refractivity contribution in [3.05, 3.63) is 90.5 Å². The van der Waals surface area contributed by atoms with Gasteiger partial charge in [-0.05, 0) is 23.3 Å². The van der Waals surface area contributed by atoms with E-state index in [1.165, 1.54) is 16.3 Å². The zero-order chi connectivity index (χ0) is 13.6. The molecule has 0 aliphatic carbocycles. The molecular weight excluding hydrogens is 260 g/mol. The topological polar surface area (TPSA) is 25.8 Å². The third-order valence-corrected chi connectivity index (χ3v) is 4.74. The molecule has 0 atom stereocenters. The van der Waals surface area contributed by atoms with Crippen LogP contribution < -0.4 is 5.19 Å². The van der Waals surface area contributed by atoms with E-state index >= 15 is 0 Å². The van der Waals surface area contributed by atoms with E-state index in [9.17, 15) is 0 Å². The number of hydrogen-bond acceptors (Lipinski definition) is 2. The summed E-state index contributed by atoms with van der Waals surface area (Å²) in [7, 11) is 0.670. The van der Waals surface area contributed by atoms with Gasteiger partial charge in [0, 0.05) is 30.3 Å². The Morgan fingerprint density at radius 1 is 0.700 bits per heavy atom. The van der Waals surface area contributed by atoms with Gasteiger partial charge in [0.05, 0.1) is 9.52 Å². The largest absolute Gasteiger partial charge is 0.264 e. The minimum atomic E-state index is 0.319. The van der Waals surface area contributed by atoms with Gasteiger partial charge >= 0.3 is 0 Å². The summed E-state index contributed by atoms with van der Waals surface area (Å²) >= 11 is 0. The number of benzene rings is 1. The van der Waals surface area contributed by atoms with Crippen molar-refractivity contribution in [1.82, 2.24) is 9.97 Å². The summed E-state index contributed by atoms with van der Waals surface area (Å²) in [5, 5.41) is 1.35. The summed E-state index contributed by atoms with van der Waals surface area (Å²) < 4.78 is 0. The number of nitrogens with zero attached hydrogens (tertiary/aromatic N) is 2. The van der Waals surface area contributed by atoms with Gasteiger partial charge in [-0.2, -0.15) is 0 Å². The predicted octanol–water partition coefficient (Wildman–Crippen LogP) is 2.60. The Hall–Kier alpha value is -2.26. The van der Waals surface area contributed by atoms with Crippen LogP contribution in [0.25, 0.3) is 0 Å². The third-order valence-electron chi connectivity index (χ3n) is 3.12. The number of pyridine rings is 2. The molecule has 96 valence electrons. The van der Waals surface area contributed by atoms with Crippen LogP contribution in [0.5, 0.6) is 0 Å². The molecule has 0 unspecified atom stereocenters. The van der Waals surface area contributed by atoms with E-state index in [1.807, 2.05) is 36.9 Å². The number of rotatable bonds is 4. The van der Waals surface area contributed by atoms with Crippen LogP contribution in [-0.4, -0.2) is 19.5 Å². The first kappa shape index (κ1) is 12.8. The molecule has 0 N–H and O–H groups in total. The van der Waals surface area contributed by atoms with E-state index in [4.69, 9.17) is 0 Å². The average Bonchev–Trinajstić information content (AvgIpc) is 2.55. The molecule has 3 aromatic rings. The Morgan fingerprint density at radius 3 is 1.80 bits per heavy atom. The van der Waals surface area contributed by atoms with Gasteiger partial charge in [-0.25, -0.2) is 0 Å². The highest BCUT2D eigenvalue weighted by molar-refractivity contribution is 6.55. The van der Waals surface area contributed by atoms with E-state index in [1.54, 1.807) is 0 Å². The fourth-order valence-corrected chi connectivity index (χ4v) is 3.55. The van der Waals surface area contributed by atoms with Crippen LogP contribution in [0.4, 0.5) is 0 Å². The first-order chi connectivity index (χ1) is 9.93. The molecule has 0 aliphatic rings. The third kappa shape index (κ3) is 3.00. The molecule has 2 aromatic heterocycles. The molecule has 0 saturated heterocycles. The summed E-state index contributed by atoms with van der Waals surface area (Å²) in [5.41, 5.74) is 2.80. The van der Waals surface area contributed by atoms with Crippen LogP contribution in [-0.2, 0) is 0 Å². The summed E-state index contributed by atoms with van der Waals surface area (Å²) in [4.78, 5) is 8.51. The Kier molecular flexibility index (Phi) is 3.99. The van der Waals surface area contributed by atoms with Gasteiger partial charge in [-0.1, -0.05) is 47.7 Å². The second-order valence-corrected chi connectivity index (χ2v) is 5.96. The van der Waals surface area contributed by atoms with Crippen molar-refractivity contribution in [2.24, 2.45) is 0 Å². The molecule has 0 bridgehead atoms. The summed E-state index contributed by atoms with van der Waals surface area (Å²) in [5.74, 6) is 0. The number of aromatic nitrogens is 2. The van der Waals surface area contributed by atoms with Crippen molar-refractivity contribution in [3.63, 3.8) is 0 Å². The van der Waals surface area contributed by atoms with Gasteiger partial charge in [0.2, 0.25) is 0 Å². The highest BCUT2D eigenvalue weighted by atomic mass is 28.2. The molecule has 0 aliphatic heterocycles. The van der Waals surface area contributed by atoms with Crippen molar-refractivity contribution in [2.75, 3.05) is 0 Å². The fourth-order valence-electron chi connectivity index (χ4n) is 2.15. The van der Waals surface area contributed by atoms with Gasteiger partial charge in [0.1, 0.15) is 0 Å². The first-order valence-corrected chi connectivity index (χ1v) is 7.62. The van der Waals surface area contributed by atoms with Gasteiger partial charge in [-0.3, -0.25) is 9.97 Å². The standard InChI is InChI=1S/C17H14N2Si/c1-2-8-16(9-3-1)20-17(14-6-4-10-18-12-14)15-7-5-11-19-13-15/h1-13,17H. The highest BCUT2D eigenvalue weighted by Crippen LogP contribution is 2.21. The molecular formula is C17H14N2Si. The summed E-state index contributed by atoms with van der Waals surface area (Å²) in [6, 6.07) is 18.9. The smallest absolute Gasteiger partial charge is 0.0950 e. The lowest BCUT2D eigenvalue weighted by Gasteiger charge is -2.16. The maximum Gasteiger partial charge on any atom is 0.0950 e. The van der Waals surface area contributed by atoms with Crippen LogP contribution in [0.3, 0.4) is 0 Å². The molecule has 2 heterocycles. The zero-order valence-corrected chi connectivity index (χ0v) is 12.0. The lowest BCUT2D eigenvalue weighted by molar-refractivity contribution is 1.07. The van der Waals surface area contributed by atoms with E-state index in [0.717, 1.165) is 0 Å². The number of hydrogen-bond donors (Lipinski definition) is 0. The Morgan fingerprint density at radius 2 is 1.30 bits per heavy atom. The minimum absolute atomic E-state index is 0.319. The lowest BCUT2D eigenvalue weighted by atomic mass is 10.1. The molecule has 1 aromatic carbocycles. The van der Waals surface area contributed by atoms with Crippen molar-refractivity contribution in [2.45, 2.75) is 5.54 Å². The van der Waals surface area contributed by atoms with Gasteiger partial charge in [-0.15, -0.1) is 0 Å². The minimum Gasteiger partial charge on any atom is -0.264 e. The average molecular weight is 274 g/mol. The van der Waals surface area contributed by atoms with Crippen molar-refractivity contribution in [3.8, 4) is 0 Å². The quantitative estimate of drug-likeness (QED) is 0.683. The van der Waals surface area contributed by atoms with Crippen LogP contribution >= 0.6 is 0 Å². The van der Waals surface area contributed by atoms with Gasteiger partial charge in [0.15, 0.2) is 0 Å². The molecule has 3 rings (SSSR count). The van der Waals surface area contributed by atoms with Crippen LogP contribution in [0.1, 0.15) is 16.7 Å². The summed E-state index contributed by atoms with van der Waals surface area (Å²) in [6.07, 6.45) is 7.53. The van der Waals surface area contributed by atoms with Crippen molar-refractivity contribution < 1.29 is 0 Å². The lowest BCUT2D eigenvalue weighted by Crippen LogP contribution is -2.22. The summed E-state index contributed by atoms with van der Waals surface area (Å²) in [6.45, 7) is 0. The predicted molar refractivity (Wildman–Crippen MR) is 82.1 cm³/mol. The van der Waals surface area contributed by atoms with Gasteiger partial charge in [0.25, 0.3) is 0 Å². The first-order valence-electron chi connectivity index (χ1n) is 6.55. The van der Waals surface area contributed by atoms with Crippen molar-refractivity contribution >= 4 is 14.7 Å². The van der Waals surface area contributed by atoms with Crippen LogP contribution in [0.2, 0.25) is 0 Å². The van der Waals surface area contributed by atoms with Crippen molar-refractivity contribution in [1.29, 1.82) is 0 Å². The molecule has 20 heavy (non-hydrogen) atoms. The maximum absolute atomic E-state index is 4.26. The molecule has 0 amide bonds. The molecule has 2 radical (unpaired) electrons. The maximum atomic E-state index is 4.26. The monoisotopic (exact) mass is 274 g/mol. The Labute approximate surface area is 121 Å². The molecule has 0 spiro atoms. The molecule has 0 fully saturated rings. The van der Waals surface area contributed by atoms with E-state index in [2.05, 4.69) is 52.4 Å². The molecule has 2 nitrogen and oxygen atoms in total. The van der Waals surface area contributed by atoms with Crippen LogP contribution in [0.15, 0.2) is 79.4 Å². The van der Waals surface area contributed by atoms with E-state index < -0.39 is 0 Å². The molecule has 3 heteroatoms. The second kappa shape index (κ2) is 6.26. The highest BCUT2D eigenvalue weighted by Gasteiger charge is 2.16. The van der Waals surface area contributed by atoms with E-state index in [0.29, 0.717) is 15.1 Å². The fraction of sp³-hybridized carbons (Fsp3) is 0.0588. The Balaban J connectivity index is 1.96. The SMILES string of the molecule is c1ccc([Si]C(c2cccnc2)c2cccnc2)cc1. The normalized spacial score (nSPS) is 10.7. The van der Waals surface area contributed by atoms with E-state index in [-0.39, 0.29) is 0 Å². The van der Waals surface area contributed by atoms with Gasteiger partial charge < -0.3 is 0 Å². The Bertz CT molecular complexity index is 602. The van der Waals surface area contributed by atoms with Crippen LogP contribution in [0, 0.1) is 0 Å². The zero-order valence-electron chi connectivity index (χ0n) is 11.0.